The van der Waals surface area contributed by atoms with Crippen LogP contribution in [0.15, 0.2) is 0 Å². The van der Waals surface area contributed by atoms with Crippen LogP contribution in [0.25, 0.3) is 0 Å². The number of nitrogens with zero attached hydrogens (tertiary/aromatic N) is 1. The average Bonchev–Trinajstić information content (AvgIpc) is 2.47. The fraction of sp³-hybridized carbons (Fsp3) is 0.882. The lowest BCUT2D eigenvalue weighted by molar-refractivity contribution is -0.145. The summed E-state index contributed by atoms with van der Waals surface area (Å²) < 4.78 is 10.3. The van der Waals surface area contributed by atoms with Crippen LogP contribution >= 0.6 is 0 Å². The molecule has 128 valence electrons. The molecule has 1 aliphatic carbocycles. The molecule has 1 unspecified atom stereocenters. The molecule has 0 bridgehead atoms. The van der Waals surface area contributed by atoms with Crippen molar-refractivity contribution in [1.82, 2.24) is 4.90 Å². The highest BCUT2D eigenvalue weighted by Crippen LogP contribution is 2.32. The van der Waals surface area contributed by atoms with E-state index in [9.17, 15) is 9.59 Å². The van der Waals surface area contributed by atoms with Gasteiger partial charge in [0.05, 0.1) is 19.6 Å². The molecule has 0 aromatic rings. The Morgan fingerprint density at radius 3 is 2.14 bits per heavy atom. The van der Waals surface area contributed by atoms with Gasteiger partial charge in [0, 0.05) is 12.1 Å². The van der Waals surface area contributed by atoms with Gasteiger partial charge >= 0.3 is 12.1 Å². The van der Waals surface area contributed by atoms with Gasteiger partial charge in [-0.3, -0.25) is 4.79 Å². The van der Waals surface area contributed by atoms with Crippen molar-refractivity contribution in [2.75, 3.05) is 13.2 Å². The normalized spacial score (nSPS) is 17.1. The molecule has 0 spiro atoms. The second-order valence-corrected chi connectivity index (χ2v) is 6.17. The quantitative estimate of drug-likeness (QED) is 0.672. The zero-order valence-corrected chi connectivity index (χ0v) is 14.5. The van der Waals surface area contributed by atoms with Crippen molar-refractivity contribution in [3.63, 3.8) is 0 Å². The summed E-state index contributed by atoms with van der Waals surface area (Å²) in [6, 6.07) is -0.126. The Labute approximate surface area is 134 Å². The number of amides is 1. The number of rotatable bonds is 7. The van der Waals surface area contributed by atoms with E-state index >= 15 is 0 Å². The Bertz CT molecular complexity index is 351. The highest BCUT2D eigenvalue weighted by Gasteiger charge is 2.36. The number of ether oxygens (including phenoxy) is 2. The monoisotopic (exact) mass is 313 g/mol. The zero-order chi connectivity index (χ0) is 16.5. The molecule has 5 nitrogen and oxygen atoms in total. The number of hydrogen-bond acceptors (Lipinski definition) is 4. The number of hydrogen-bond donors (Lipinski definition) is 0. The van der Waals surface area contributed by atoms with Gasteiger partial charge in [0.25, 0.3) is 0 Å². The second-order valence-electron chi connectivity index (χ2n) is 6.17. The van der Waals surface area contributed by atoms with Gasteiger partial charge in [-0.25, -0.2) is 4.79 Å². The smallest absolute Gasteiger partial charge is 0.410 e. The summed E-state index contributed by atoms with van der Waals surface area (Å²) in [6.07, 6.45) is 5.63. The lowest BCUT2D eigenvalue weighted by Gasteiger charge is -2.39. The molecule has 1 rings (SSSR count). The molecular weight excluding hydrogens is 282 g/mol. The van der Waals surface area contributed by atoms with E-state index in [1.54, 1.807) is 18.7 Å². The van der Waals surface area contributed by atoms with E-state index in [4.69, 9.17) is 9.47 Å². The first-order valence-corrected chi connectivity index (χ1v) is 8.61. The topological polar surface area (TPSA) is 55.8 Å². The Balaban J connectivity index is 2.92. The van der Waals surface area contributed by atoms with Gasteiger partial charge in [0.1, 0.15) is 0 Å². The molecule has 5 heteroatoms. The van der Waals surface area contributed by atoms with E-state index in [0.717, 1.165) is 12.8 Å². The molecule has 0 aromatic heterocycles. The summed E-state index contributed by atoms with van der Waals surface area (Å²) in [5.74, 6) is 0.123. The maximum atomic E-state index is 12.4. The first kappa shape index (κ1) is 18.8. The van der Waals surface area contributed by atoms with Crippen LogP contribution in [0, 0.1) is 5.92 Å². The number of esters is 1. The minimum Gasteiger partial charge on any atom is -0.466 e. The Morgan fingerprint density at radius 1 is 1.05 bits per heavy atom. The molecule has 1 atom stereocenters. The Kier molecular flexibility index (Phi) is 8.28. The molecule has 1 fully saturated rings. The minimum absolute atomic E-state index is 0.000373. The van der Waals surface area contributed by atoms with Gasteiger partial charge in [-0.1, -0.05) is 19.3 Å². The summed E-state index contributed by atoms with van der Waals surface area (Å²) in [7, 11) is 0. The predicted molar refractivity (Wildman–Crippen MR) is 85.6 cm³/mol. The van der Waals surface area contributed by atoms with E-state index < -0.39 is 0 Å². The SMILES string of the molecule is CCOC(=O)CC(C1CCCCC1)N(C(=O)OCC)C(C)C. The molecule has 1 aliphatic rings. The largest absolute Gasteiger partial charge is 0.466 e. The van der Waals surface area contributed by atoms with Gasteiger partial charge in [0.15, 0.2) is 0 Å². The molecule has 0 heterocycles. The molecule has 0 N–H and O–H groups in total. The van der Waals surface area contributed by atoms with Crippen LogP contribution in [0.3, 0.4) is 0 Å². The van der Waals surface area contributed by atoms with E-state index in [1.165, 1.54) is 19.3 Å². The first-order valence-electron chi connectivity index (χ1n) is 8.61. The third-order valence-corrected chi connectivity index (χ3v) is 4.27. The van der Waals surface area contributed by atoms with E-state index in [0.29, 0.717) is 19.1 Å². The predicted octanol–water partition coefficient (Wildman–Crippen LogP) is 3.76. The van der Waals surface area contributed by atoms with Crippen LogP contribution in [-0.2, 0) is 14.3 Å². The summed E-state index contributed by atoms with van der Waals surface area (Å²) >= 11 is 0. The van der Waals surface area contributed by atoms with E-state index in [-0.39, 0.29) is 30.6 Å². The number of carbonyl (C=O) groups excluding carboxylic acids is 2. The molecule has 1 amide bonds. The summed E-state index contributed by atoms with van der Waals surface area (Å²) in [6.45, 7) is 8.27. The van der Waals surface area contributed by atoms with Gasteiger partial charge in [-0.05, 0) is 46.5 Å². The maximum absolute atomic E-state index is 12.4. The molecule has 0 aromatic carbocycles. The highest BCUT2D eigenvalue weighted by atomic mass is 16.6. The highest BCUT2D eigenvalue weighted by molar-refractivity contribution is 5.73. The first-order chi connectivity index (χ1) is 10.5. The van der Waals surface area contributed by atoms with Crippen LogP contribution in [0.5, 0.6) is 0 Å². The Morgan fingerprint density at radius 2 is 1.64 bits per heavy atom. The third-order valence-electron chi connectivity index (χ3n) is 4.27. The van der Waals surface area contributed by atoms with Gasteiger partial charge in [0.2, 0.25) is 0 Å². The van der Waals surface area contributed by atoms with Crippen molar-refractivity contribution >= 4 is 12.1 Å². The van der Waals surface area contributed by atoms with Crippen molar-refractivity contribution in [2.45, 2.75) is 78.3 Å². The number of carbonyl (C=O) groups is 2. The van der Waals surface area contributed by atoms with Crippen LogP contribution in [0.4, 0.5) is 4.79 Å². The minimum atomic E-state index is -0.322. The average molecular weight is 313 g/mol. The van der Waals surface area contributed by atoms with Gasteiger partial charge < -0.3 is 14.4 Å². The summed E-state index contributed by atoms with van der Waals surface area (Å²) in [4.78, 5) is 26.1. The summed E-state index contributed by atoms with van der Waals surface area (Å²) in [5, 5.41) is 0. The third kappa shape index (κ3) is 5.50. The van der Waals surface area contributed by atoms with E-state index in [1.807, 2.05) is 13.8 Å². The maximum Gasteiger partial charge on any atom is 0.410 e. The zero-order valence-electron chi connectivity index (χ0n) is 14.5. The van der Waals surface area contributed by atoms with Crippen LogP contribution in [0.2, 0.25) is 0 Å². The van der Waals surface area contributed by atoms with Crippen molar-refractivity contribution in [1.29, 1.82) is 0 Å². The van der Waals surface area contributed by atoms with E-state index in [2.05, 4.69) is 0 Å². The second kappa shape index (κ2) is 9.70. The van der Waals surface area contributed by atoms with Gasteiger partial charge in [-0.2, -0.15) is 0 Å². The fourth-order valence-electron chi connectivity index (χ4n) is 3.33. The van der Waals surface area contributed by atoms with Crippen LogP contribution in [0.1, 0.15) is 66.2 Å². The lowest BCUT2D eigenvalue weighted by atomic mass is 9.81. The van der Waals surface area contributed by atoms with Crippen molar-refractivity contribution in [3.8, 4) is 0 Å². The Hall–Kier alpha value is -1.26. The van der Waals surface area contributed by atoms with Crippen LogP contribution in [-0.4, -0.2) is 42.3 Å². The molecule has 0 radical (unpaired) electrons. The molecule has 22 heavy (non-hydrogen) atoms. The summed E-state index contributed by atoms with van der Waals surface area (Å²) in [5.41, 5.74) is 0. The van der Waals surface area contributed by atoms with Crippen molar-refractivity contribution in [3.05, 3.63) is 0 Å². The van der Waals surface area contributed by atoms with Crippen LogP contribution < -0.4 is 0 Å². The fourth-order valence-corrected chi connectivity index (χ4v) is 3.33. The lowest BCUT2D eigenvalue weighted by Crippen LogP contribution is -2.50. The molecule has 0 saturated heterocycles. The molecule has 0 aliphatic heterocycles. The van der Waals surface area contributed by atoms with Crippen molar-refractivity contribution < 1.29 is 19.1 Å². The van der Waals surface area contributed by atoms with Gasteiger partial charge in [-0.15, -0.1) is 0 Å². The standard InChI is InChI=1S/C17H31NO4/c1-5-21-16(19)12-15(14-10-8-7-9-11-14)18(13(3)4)17(20)22-6-2/h13-15H,5-12H2,1-4H3. The van der Waals surface area contributed by atoms with Crippen molar-refractivity contribution in [2.24, 2.45) is 5.92 Å². The molecule has 1 saturated carbocycles. The molecular formula is C17H31NO4.